The predicted octanol–water partition coefficient (Wildman–Crippen LogP) is 3.66. The van der Waals surface area contributed by atoms with Crippen LogP contribution in [0.15, 0.2) is 65.3 Å². The van der Waals surface area contributed by atoms with E-state index in [4.69, 9.17) is 9.15 Å². The lowest BCUT2D eigenvalue weighted by Crippen LogP contribution is -2.35. The maximum absolute atomic E-state index is 12.2. The Labute approximate surface area is 149 Å². The van der Waals surface area contributed by atoms with Gasteiger partial charge in [0.05, 0.1) is 17.7 Å². The van der Waals surface area contributed by atoms with Gasteiger partial charge in [-0.25, -0.2) is 0 Å². The number of nitrogens with one attached hydrogen (secondary N) is 1. The molecule has 6 heteroatoms. The van der Waals surface area contributed by atoms with E-state index in [0.29, 0.717) is 22.9 Å². The molecule has 1 amide bonds. The second-order valence-electron chi connectivity index (χ2n) is 5.36. The highest BCUT2D eigenvalue weighted by atomic mass is 32.1. The summed E-state index contributed by atoms with van der Waals surface area (Å²) < 4.78 is 10.7. The van der Waals surface area contributed by atoms with Crippen molar-refractivity contribution >= 4 is 23.0 Å². The molecule has 0 saturated carbocycles. The number of amides is 1. The van der Waals surface area contributed by atoms with Crippen molar-refractivity contribution in [2.75, 3.05) is 0 Å². The largest absolute Gasteiger partial charge is 0.481 e. The van der Waals surface area contributed by atoms with E-state index in [1.54, 1.807) is 37.3 Å². The van der Waals surface area contributed by atoms with Crippen LogP contribution < -0.4 is 10.1 Å². The Morgan fingerprint density at radius 3 is 2.64 bits per heavy atom. The minimum absolute atomic E-state index is 0.159. The zero-order valence-electron chi connectivity index (χ0n) is 13.6. The molecule has 1 aromatic carbocycles. The number of benzene rings is 1. The number of rotatable bonds is 7. The van der Waals surface area contributed by atoms with Gasteiger partial charge in [-0.3, -0.25) is 9.59 Å². The number of thiophene rings is 1. The maximum atomic E-state index is 12.2. The Morgan fingerprint density at radius 1 is 1.12 bits per heavy atom. The smallest absolute Gasteiger partial charge is 0.261 e. The Kier molecular flexibility index (Phi) is 5.30. The summed E-state index contributed by atoms with van der Waals surface area (Å²) in [5.74, 6) is 0.583. The molecule has 25 heavy (non-hydrogen) atoms. The molecule has 1 atom stereocenters. The lowest BCUT2D eigenvalue weighted by Gasteiger charge is -2.14. The normalized spacial score (nSPS) is 11.7. The SMILES string of the molecule is CC(Oc1ccccc1)C(=O)NCc1ccc(C(=O)c2ccco2)s1. The summed E-state index contributed by atoms with van der Waals surface area (Å²) in [6.07, 6.45) is 0.863. The minimum atomic E-state index is -0.605. The van der Waals surface area contributed by atoms with E-state index in [1.165, 1.54) is 17.6 Å². The van der Waals surface area contributed by atoms with Gasteiger partial charge in [0, 0.05) is 4.88 Å². The summed E-state index contributed by atoms with van der Waals surface area (Å²) in [4.78, 5) is 25.8. The number of furan rings is 1. The lowest BCUT2D eigenvalue weighted by molar-refractivity contribution is -0.127. The summed E-state index contributed by atoms with van der Waals surface area (Å²) in [5, 5.41) is 2.82. The van der Waals surface area contributed by atoms with Crippen LogP contribution in [0.1, 0.15) is 27.2 Å². The van der Waals surface area contributed by atoms with Crippen molar-refractivity contribution in [3.8, 4) is 5.75 Å². The third kappa shape index (κ3) is 4.36. The number of carbonyl (C=O) groups is 2. The summed E-state index contributed by atoms with van der Waals surface area (Å²) in [7, 11) is 0. The number of hydrogen-bond acceptors (Lipinski definition) is 5. The second-order valence-corrected chi connectivity index (χ2v) is 6.53. The minimum Gasteiger partial charge on any atom is -0.481 e. The van der Waals surface area contributed by atoms with E-state index in [-0.39, 0.29) is 11.7 Å². The summed E-state index contributed by atoms with van der Waals surface area (Å²) in [6.45, 7) is 2.04. The van der Waals surface area contributed by atoms with Crippen molar-refractivity contribution in [1.82, 2.24) is 5.32 Å². The van der Waals surface area contributed by atoms with E-state index in [9.17, 15) is 9.59 Å². The Bertz CT molecular complexity index is 839. The molecule has 1 unspecified atom stereocenters. The van der Waals surface area contributed by atoms with Crippen LogP contribution in [0.2, 0.25) is 0 Å². The molecule has 3 aromatic rings. The van der Waals surface area contributed by atoms with E-state index in [1.807, 2.05) is 24.3 Å². The molecule has 1 N–H and O–H groups in total. The molecule has 0 bridgehead atoms. The number of hydrogen-bond donors (Lipinski definition) is 1. The lowest BCUT2D eigenvalue weighted by atomic mass is 10.2. The van der Waals surface area contributed by atoms with Crippen molar-refractivity contribution in [3.63, 3.8) is 0 Å². The van der Waals surface area contributed by atoms with Crippen LogP contribution in [0.25, 0.3) is 0 Å². The molecule has 3 rings (SSSR count). The molecule has 0 spiro atoms. The molecule has 0 aliphatic rings. The van der Waals surface area contributed by atoms with Gasteiger partial charge in [0.25, 0.3) is 5.91 Å². The molecule has 0 aliphatic carbocycles. The molecule has 128 valence electrons. The Balaban J connectivity index is 1.53. The summed E-state index contributed by atoms with van der Waals surface area (Å²) >= 11 is 1.33. The molecule has 0 fully saturated rings. The molecule has 2 aromatic heterocycles. The third-order valence-corrected chi connectivity index (χ3v) is 4.58. The quantitative estimate of drug-likeness (QED) is 0.657. The molecule has 2 heterocycles. The monoisotopic (exact) mass is 355 g/mol. The summed E-state index contributed by atoms with van der Waals surface area (Å²) in [6, 6.07) is 16.1. The average molecular weight is 355 g/mol. The van der Waals surface area contributed by atoms with E-state index in [0.717, 1.165) is 4.88 Å². The van der Waals surface area contributed by atoms with Gasteiger partial charge in [0.1, 0.15) is 5.75 Å². The van der Waals surface area contributed by atoms with E-state index < -0.39 is 6.10 Å². The first-order valence-electron chi connectivity index (χ1n) is 7.80. The predicted molar refractivity (Wildman–Crippen MR) is 94.8 cm³/mol. The first kappa shape index (κ1) is 17.0. The zero-order chi connectivity index (χ0) is 17.6. The topological polar surface area (TPSA) is 68.5 Å². The Hall–Kier alpha value is -2.86. The molecule has 0 radical (unpaired) electrons. The van der Waals surface area contributed by atoms with Crippen molar-refractivity contribution in [2.45, 2.75) is 19.6 Å². The van der Waals surface area contributed by atoms with Gasteiger partial charge >= 0.3 is 0 Å². The second kappa shape index (κ2) is 7.81. The number of ether oxygens (including phenoxy) is 1. The van der Waals surface area contributed by atoms with E-state index in [2.05, 4.69) is 5.32 Å². The maximum Gasteiger partial charge on any atom is 0.261 e. The van der Waals surface area contributed by atoms with Crippen LogP contribution in [-0.2, 0) is 11.3 Å². The van der Waals surface area contributed by atoms with Gasteiger partial charge in [0.2, 0.25) is 5.78 Å². The highest BCUT2D eigenvalue weighted by Crippen LogP contribution is 2.20. The van der Waals surface area contributed by atoms with Crippen molar-refractivity contribution < 1.29 is 18.7 Å². The number of carbonyl (C=O) groups excluding carboxylic acids is 2. The third-order valence-electron chi connectivity index (χ3n) is 3.49. The highest BCUT2D eigenvalue weighted by Gasteiger charge is 2.17. The van der Waals surface area contributed by atoms with E-state index >= 15 is 0 Å². The first-order valence-corrected chi connectivity index (χ1v) is 8.61. The molecule has 0 aliphatic heterocycles. The molecule has 5 nitrogen and oxygen atoms in total. The number of ketones is 1. The van der Waals surface area contributed by atoms with Crippen LogP contribution in [0, 0.1) is 0 Å². The van der Waals surface area contributed by atoms with Crippen LogP contribution in [0.4, 0.5) is 0 Å². The average Bonchev–Trinajstić information content (AvgIpc) is 3.32. The first-order chi connectivity index (χ1) is 12.1. The molecular weight excluding hydrogens is 338 g/mol. The van der Waals surface area contributed by atoms with Crippen LogP contribution in [0.5, 0.6) is 5.75 Å². The fourth-order valence-electron chi connectivity index (χ4n) is 2.20. The van der Waals surface area contributed by atoms with Gasteiger partial charge in [-0.1, -0.05) is 18.2 Å². The van der Waals surface area contributed by atoms with Gasteiger partial charge < -0.3 is 14.5 Å². The molecular formula is C19H17NO4S. The van der Waals surface area contributed by atoms with Crippen molar-refractivity contribution in [3.05, 3.63) is 76.4 Å². The molecule has 0 saturated heterocycles. The Morgan fingerprint density at radius 2 is 1.92 bits per heavy atom. The number of para-hydroxylation sites is 1. The van der Waals surface area contributed by atoms with Crippen LogP contribution in [-0.4, -0.2) is 17.8 Å². The van der Waals surface area contributed by atoms with Gasteiger partial charge in [0.15, 0.2) is 11.9 Å². The van der Waals surface area contributed by atoms with Crippen molar-refractivity contribution in [2.24, 2.45) is 0 Å². The van der Waals surface area contributed by atoms with Gasteiger partial charge in [-0.15, -0.1) is 11.3 Å². The van der Waals surface area contributed by atoms with Gasteiger partial charge in [-0.2, -0.15) is 0 Å². The van der Waals surface area contributed by atoms with Crippen LogP contribution in [0.3, 0.4) is 0 Å². The van der Waals surface area contributed by atoms with Crippen LogP contribution >= 0.6 is 11.3 Å². The summed E-state index contributed by atoms with van der Waals surface area (Å²) in [5.41, 5.74) is 0. The van der Waals surface area contributed by atoms with Gasteiger partial charge in [-0.05, 0) is 43.3 Å². The fourth-order valence-corrected chi connectivity index (χ4v) is 3.09. The standard InChI is InChI=1S/C19H17NO4S/c1-13(24-14-6-3-2-4-7-14)19(22)20-12-15-9-10-17(25-15)18(21)16-8-5-11-23-16/h2-11,13H,12H2,1H3,(H,20,22). The van der Waals surface area contributed by atoms with Crippen molar-refractivity contribution in [1.29, 1.82) is 0 Å². The highest BCUT2D eigenvalue weighted by molar-refractivity contribution is 7.14. The fraction of sp³-hybridized carbons (Fsp3) is 0.158. The zero-order valence-corrected chi connectivity index (χ0v) is 14.4.